The van der Waals surface area contributed by atoms with E-state index in [0.29, 0.717) is 5.58 Å². The molecule has 2 atom stereocenters. The molecule has 0 bridgehead atoms. The molecule has 0 spiro atoms. The Bertz CT molecular complexity index is 659. The molecule has 1 aromatic carbocycles. The van der Waals surface area contributed by atoms with E-state index in [1.807, 2.05) is 25.1 Å². The van der Waals surface area contributed by atoms with Crippen LogP contribution in [-0.2, 0) is 16.2 Å². The van der Waals surface area contributed by atoms with Crippen molar-refractivity contribution in [2.45, 2.75) is 38.5 Å². The van der Waals surface area contributed by atoms with E-state index in [2.05, 4.69) is 4.72 Å². The Labute approximate surface area is 126 Å². The Balaban J connectivity index is 2.34. The molecule has 6 heteroatoms. The lowest BCUT2D eigenvalue weighted by atomic mass is 10.2. The average Bonchev–Trinajstić information content (AvgIpc) is 2.76. The van der Waals surface area contributed by atoms with Crippen LogP contribution in [0.3, 0.4) is 0 Å². The van der Waals surface area contributed by atoms with Crippen molar-refractivity contribution in [2.75, 3.05) is 0 Å². The second-order valence-corrected chi connectivity index (χ2v) is 7.96. The van der Waals surface area contributed by atoms with Crippen LogP contribution in [0, 0.1) is 6.92 Å². The fraction of sp³-hybridized carbons (Fsp3) is 0.400. The van der Waals surface area contributed by atoms with Gasteiger partial charge in [-0.2, -0.15) is 0 Å². The lowest BCUT2D eigenvalue weighted by Crippen LogP contribution is -2.43. The van der Waals surface area contributed by atoms with Crippen LogP contribution in [-0.4, -0.2) is 20.4 Å². The minimum absolute atomic E-state index is 0.251. The zero-order valence-electron chi connectivity index (χ0n) is 12.5. The summed E-state index contributed by atoms with van der Waals surface area (Å²) >= 11 is -1.51. The van der Waals surface area contributed by atoms with Crippen LogP contribution in [0.25, 0.3) is 11.0 Å². The van der Waals surface area contributed by atoms with E-state index in [1.165, 1.54) is 0 Å². The molecule has 0 aliphatic heterocycles. The van der Waals surface area contributed by atoms with Crippen molar-refractivity contribution >= 4 is 28.3 Å². The first-order valence-electron chi connectivity index (χ1n) is 6.59. The number of hydrogen-bond acceptors (Lipinski definition) is 4. The number of carboxylic acid groups (broad SMARTS) is 1. The summed E-state index contributed by atoms with van der Waals surface area (Å²) in [6, 6.07) is 6.17. The van der Waals surface area contributed by atoms with Crippen LogP contribution in [0.5, 0.6) is 0 Å². The molecule has 0 amide bonds. The average molecular weight is 309 g/mol. The summed E-state index contributed by atoms with van der Waals surface area (Å²) in [5, 5.41) is 10.2. The molecule has 2 aromatic rings. The number of carbonyl (C=O) groups is 1. The van der Waals surface area contributed by atoms with Gasteiger partial charge in [0, 0.05) is 16.7 Å². The molecule has 21 heavy (non-hydrogen) atoms. The molecule has 0 aliphatic rings. The van der Waals surface area contributed by atoms with Crippen LogP contribution in [0.2, 0.25) is 0 Å². The molecule has 0 radical (unpaired) electrons. The van der Waals surface area contributed by atoms with E-state index in [-0.39, 0.29) is 5.76 Å². The SMILES string of the molecule is Cc1ccc2cc([C@H](N[S+]([O-])C(C)(C)C)C(=O)O)oc2c1. The Kier molecular flexibility index (Phi) is 4.32. The summed E-state index contributed by atoms with van der Waals surface area (Å²) < 4.78 is 19.8. The highest BCUT2D eigenvalue weighted by molar-refractivity contribution is 7.90. The number of fused-ring (bicyclic) bond motifs is 1. The van der Waals surface area contributed by atoms with Gasteiger partial charge < -0.3 is 14.1 Å². The summed E-state index contributed by atoms with van der Waals surface area (Å²) in [5.74, 6) is -0.871. The summed E-state index contributed by atoms with van der Waals surface area (Å²) in [5.41, 5.74) is 1.65. The van der Waals surface area contributed by atoms with Crippen LogP contribution in [0.1, 0.15) is 38.1 Å². The van der Waals surface area contributed by atoms with Crippen molar-refractivity contribution < 1.29 is 18.9 Å². The zero-order chi connectivity index (χ0) is 15.8. The van der Waals surface area contributed by atoms with E-state index in [1.54, 1.807) is 26.8 Å². The molecule has 2 N–H and O–H groups in total. The van der Waals surface area contributed by atoms with Gasteiger partial charge in [0.1, 0.15) is 16.1 Å². The predicted octanol–water partition coefficient (Wildman–Crippen LogP) is 2.92. The third-order valence-corrected chi connectivity index (χ3v) is 4.57. The Hall–Kier alpha value is -1.50. The molecule has 1 heterocycles. The van der Waals surface area contributed by atoms with Crippen LogP contribution >= 0.6 is 0 Å². The van der Waals surface area contributed by atoms with Gasteiger partial charge in [0.2, 0.25) is 6.04 Å². The van der Waals surface area contributed by atoms with Crippen molar-refractivity contribution in [1.29, 1.82) is 0 Å². The molecule has 114 valence electrons. The third kappa shape index (κ3) is 3.58. The predicted molar refractivity (Wildman–Crippen MR) is 82.4 cm³/mol. The molecule has 5 nitrogen and oxygen atoms in total. The largest absolute Gasteiger partial charge is 0.598 e. The van der Waals surface area contributed by atoms with Crippen molar-refractivity contribution in [2.24, 2.45) is 0 Å². The number of benzene rings is 1. The van der Waals surface area contributed by atoms with Crippen LogP contribution < -0.4 is 4.72 Å². The second-order valence-electron chi connectivity index (χ2n) is 5.96. The first-order valence-corrected chi connectivity index (χ1v) is 7.74. The first-order chi connectivity index (χ1) is 9.68. The van der Waals surface area contributed by atoms with Crippen LogP contribution in [0.15, 0.2) is 28.7 Å². The van der Waals surface area contributed by atoms with Gasteiger partial charge >= 0.3 is 5.97 Å². The maximum atomic E-state index is 12.1. The fourth-order valence-corrected chi connectivity index (χ4v) is 2.60. The number of aryl methyl sites for hydroxylation is 1. The molecule has 0 saturated carbocycles. The van der Waals surface area contributed by atoms with Gasteiger partial charge in [-0.05, 0) is 45.4 Å². The van der Waals surface area contributed by atoms with Crippen LogP contribution in [0.4, 0.5) is 0 Å². The van der Waals surface area contributed by atoms with Gasteiger partial charge in [0.15, 0.2) is 0 Å². The molecule has 1 aromatic heterocycles. The summed E-state index contributed by atoms with van der Waals surface area (Å²) in [4.78, 5) is 11.4. The maximum Gasteiger partial charge on any atom is 0.333 e. The normalized spacial score (nSPS) is 15.1. The third-order valence-electron chi connectivity index (χ3n) is 3.01. The molecular formula is C15H19NO4S. The number of furan rings is 1. The fourth-order valence-electron chi connectivity index (χ4n) is 1.82. The first kappa shape index (κ1) is 15.9. The lowest BCUT2D eigenvalue weighted by Gasteiger charge is -2.25. The van der Waals surface area contributed by atoms with E-state index in [0.717, 1.165) is 10.9 Å². The van der Waals surface area contributed by atoms with Gasteiger partial charge in [0.25, 0.3) is 0 Å². The quantitative estimate of drug-likeness (QED) is 0.848. The molecular weight excluding hydrogens is 290 g/mol. The Morgan fingerprint density at radius 2 is 2.05 bits per heavy atom. The van der Waals surface area contributed by atoms with Gasteiger partial charge in [-0.1, -0.05) is 12.1 Å². The lowest BCUT2D eigenvalue weighted by molar-refractivity contribution is -0.139. The smallest absolute Gasteiger partial charge is 0.333 e. The standard InChI is InChI=1S/C15H19NO4S/c1-9-5-6-10-8-12(20-11(10)7-9)13(14(17)18)16-21(19)15(2,3)4/h5-8,13,16H,1-4H3,(H,17,18)/t13-,21?/m0/s1. The Morgan fingerprint density at radius 1 is 1.38 bits per heavy atom. The maximum absolute atomic E-state index is 12.1. The summed E-state index contributed by atoms with van der Waals surface area (Å²) in [6.07, 6.45) is 0. The van der Waals surface area contributed by atoms with E-state index >= 15 is 0 Å². The number of carboxylic acids is 1. The zero-order valence-corrected chi connectivity index (χ0v) is 13.3. The van der Waals surface area contributed by atoms with Gasteiger partial charge in [-0.3, -0.25) is 0 Å². The highest BCUT2D eigenvalue weighted by atomic mass is 32.2. The van der Waals surface area contributed by atoms with E-state index < -0.39 is 28.1 Å². The monoisotopic (exact) mass is 309 g/mol. The number of hydrogen-bond donors (Lipinski definition) is 2. The highest BCUT2D eigenvalue weighted by Gasteiger charge is 2.34. The van der Waals surface area contributed by atoms with Gasteiger partial charge in [-0.15, -0.1) is 4.72 Å². The number of nitrogens with one attached hydrogen (secondary N) is 1. The molecule has 0 aliphatic carbocycles. The second kappa shape index (κ2) is 5.71. The number of rotatable bonds is 4. The van der Waals surface area contributed by atoms with Gasteiger partial charge in [-0.25, -0.2) is 4.79 Å². The van der Waals surface area contributed by atoms with Crippen molar-refractivity contribution in [3.63, 3.8) is 0 Å². The molecule has 0 saturated heterocycles. The minimum Gasteiger partial charge on any atom is -0.598 e. The van der Waals surface area contributed by atoms with E-state index in [9.17, 15) is 14.5 Å². The van der Waals surface area contributed by atoms with Gasteiger partial charge in [0.05, 0.1) is 0 Å². The summed E-state index contributed by atoms with van der Waals surface area (Å²) in [7, 11) is 0. The summed E-state index contributed by atoms with van der Waals surface area (Å²) in [6.45, 7) is 7.26. The van der Waals surface area contributed by atoms with E-state index in [4.69, 9.17) is 4.42 Å². The molecule has 1 unspecified atom stereocenters. The molecule has 0 fully saturated rings. The minimum atomic E-state index is -1.51. The van der Waals surface area contributed by atoms with Crippen molar-refractivity contribution in [1.82, 2.24) is 4.72 Å². The topological polar surface area (TPSA) is 85.5 Å². The van der Waals surface area contributed by atoms with Crippen molar-refractivity contribution in [3.8, 4) is 0 Å². The molecule has 2 rings (SSSR count). The Morgan fingerprint density at radius 3 is 2.62 bits per heavy atom. The highest BCUT2D eigenvalue weighted by Crippen LogP contribution is 2.27. The van der Waals surface area contributed by atoms with Crippen molar-refractivity contribution in [3.05, 3.63) is 35.6 Å². The number of aliphatic carboxylic acids is 1.